The summed E-state index contributed by atoms with van der Waals surface area (Å²) in [4.78, 5) is 6.77. The summed E-state index contributed by atoms with van der Waals surface area (Å²) in [5, 5.41) is 7.55. The van der Waals surface area contributed by atoms with Crippen LogP contribution in [0.5, 0.6) is 0 Å². The first-order chi connectivity index (χ1) is 8.40. The van der Waals surface area contributed by atoms with Gasteiger partial charge in [-0.25, -0.2) is 4.98 Å². The molecule has 0 aliphatic carbocycles. The van der Waals surface area contributed by atoms with Crippen molar-refractivity contribution in [1.29, 1.82) is 5.41 Å². The van der Waals surface area contributed by atoms with Crippen LogP contribution in [0.25, 0.3) is 0 Å². The third kappa shape index (κ3) is 2.46. The number of aryl methyl sites for hydroxylation is 1. The highest BCUT2D eigenvalue weighted by Crippen LogP contribution is 2.26. The molecule has 3 N–H and O–H groups in total. The van der Waals surface area contributed by atoms with Crippen molar-refractivity contribution < 1.29 is 4.74 Å². The Balaban J connectivity index is 2.40. The van der Waals surface area contributed by atoms with Gasteiger partial charge in [0.05, 0.1) is 18.8 Å². The number of amidine groups is 1. The molecule has 5 heteroatoms. The van der Waals surface area contributed by atoms with Crippen LogP contribution in [-0.4, -0.2) is 36.1 Å². The average Bonchev–Trinajstić information content (AvgIpc) is 2.27. The standard InChI is InChI=1S/C13H20N4O/c1-9-6-10(12(14)15)7-11(16-9)17-4-5-18-8-13(17,2)3/h6-7H,4-5,8H2,1-3H3,(H3,14,15). The smallest absolute Gasteiger partial charge is 0.130 e. The Morgan fingerprint density at radius 1 is 1.50 bits per heavy atom. The van der Waals surface area contributed by atoms with Gasteiger partial charge in [0.1, 0.15) is 11.7 Å². The van der Waals surface area contributed by atoms with Crippen LogP contribution >= 0.6 is 0 Å². The summed E-state index contributed by atoms with van der Waals surface area (Å²) in [6.45, 7) is 8.36. The fourth-order valence-electron chi connectivity index (χ4n) is 2.23. The Hall–Kier alpha value is -1.62. The molecule has 0 amide bonds. The number of anilines is 1. The molecule has 5 nitrogen and oxygen atoms in total. The fourth-order valence-corrected chi connectivity index (χ4v) is 2.23. The summed E-state index contributed by atoms with van der Waals surface area (Å²) in [6.07, 6.45) is 0. The number of pyridine rings is 1. The van der Waals surface area contributed by atoms with Gasteiger partial charge in [0, 0.05) is 17.8 Å². The molecule has 1 aliphatic rings. The minimum absolute atomic E-state index is 0.0767. The maximum absolute atomic E-state index is 7.55. The summed E-state index contributed by atoms with van der Waals surface area (Å²) >= 11 is 0. The number of ether oxygens (including phenoxy) is 1. The molecule has 1 aromatic heterocycles. The molecule has 0 atom stereocenters. The van der Waals surface area contributed by atoms with Crippen molar-refractivity contribution in [3.05, 3.63) is 23.4 Å². The van der Waals surface area contributed by atoms with Crippen molar-refractivity contribution in [2.24, 2.45) is 5.73 Å². The second-order valence-corrected chi connectivity index (χ2v) is 5.29. The highest BCUT2D eigenvalue weighted by atomic mass is 16.5. The Morgan fingerprint density at radius 3 is 2.83 bits per heavy atom. The zero-order valence-corrected chi connectivity index (χ0v) is 11.2. The number of nitrogens with two attached hydrogens (primary N) is 1. The minimum Gasteiger partial charge on any atom is -0.384 e. The third-order valence-electron chi connectivity index (χ3n) is 3.17. The molecule has 1 fully saturated rings. The number of nitrogens with one attached hydrogen (secondary N) is 1. The second kappa shape index (κ2) is 4.57. The van der Waals surface area contributed by atoms with E-state index < -0.39 is 0 Å². The van der Waals surface area contributed by atoms with Gasteiger partial charge in [0.25, 0.3) is 0 Å². The monoisotopic (exact) mass is 248 g/mol. The Labute approximate surface area is 107 Å². The van der Waals surface area contributed by atoms with Crippen LogP contribution in [0.3, 0.4) is 0 Å². The van der Waals surface area contributed by atoms with E-state index in [1.165, 1.54) is 0 Å². The van der Waals surface area contributed by atoms with Gasteiger partial charge < -0.3 is 15.4 Å². The molecule has 98 valence electrons. The average molecular weight is 248 g/mol. The van der Waals surface area contributed by atoms with Gasteiger partial charge in [-0.05, 0) is 32.9 Å². The van der Waals surface area contributed by atoms with Crippen molar-refractivity contribution >= 4 is 11.7 Å². The molecule has 0 saturated carbocycles. The lowest BCUT2D eigenvalue weighted by atomic mass is 10.0. The van der Waals surface area contributed by atoms with E-state index in [4.69, 9.17) is 15.9 Å². The molecule has 1 aromatic rings. The summed E-state index contributed by atoms with van der Waals surface area (Å²) in [7, 11) is 0. The van der Waals surface area contributed by atoms with Crippen LogP contribution in [-0.2, 0) is 4.74 Å². The molecular formula is C13H20N4O. The second-order valence-electron chi connectivity index (χ2n) is 5.29. The number of hydrogen-bond donors (Lipinski definition) is 2. The molecule has 18 heavy (non-hydrogen) atoms. The molecular weight excluding hydrogens is 228 g/mol. The molecule has 2 heterocycles. The highest BCUT2D eigenvalue weighted by molar-refractivity contribution is 5.95. The molecule has 0 bridgehead atoms. The topological polar surface area (TPSA) is 75.2 Å². The van der Waals surface area contributed by atoms with Gasteiger partial charge in [-0.1, -0.05) is 0 Å². The number of aromatic nitrogens is 1. The molecule has 0 aromatic carbocycles. The van der Waals surface area contributed by atoms with E-state index in [9.17, 15) is 0 Å². The Bertz CT molecular complexity index is 470. The van der Waals surface area contributed by atoms with E-state index in [2.05, 4.69) is 23.7 Å². The van der Waals surface area contributed by atoms with Crippen LogP contribution in [0.4, 0.5) is 5.82 Å². The van der Waals surface area contributed by atoms with Crippen LogP contribution in [0.1, 0.15) is 25.1 Å². The molecule has 0 spiro atoms. The Kier molecular flexibility index (Phi) is 3.26. The SMILES string of the molecule is Cc1cc(C(=N)N)cc(N2CCOCC2(C)C)n1. The zero-order valence-electron chi connectivity index (χ0n) is 11.2. The van der Waals surface area contributed by atoms with Crippen molar-refractivity contribution in [2.45, 2.75) is 26.3 Å². The van der Waals surface area contributed by atoms with Crippen molar-refractivity contribution in [3.63, 3.8) is 0 Å². The first kappa shape index (κ1) is 12.8. The van der Waals surface area contributed by atoms with E-state index >= 15 is 0 Å². The van der Waals surface area contributed by atoms with Gasteiger partial charge in [0.2, 0.25) is 0 Å². The van der Waals surface area contributed by atoms with Crippen molar-refractivity contribution in [3.8, 4) is 0 Å². The van der Waals surface area contributed by atoms with E-state index in [-0.39, 0.29) is 11.4 Å². The van der Waals surface area contributed by atoms with Gasteiger partial charge >= 0.3 is 0 Å². The number of nitrogen functional groups attached to an aromatic ring is 1. The molecule has 1 aliphatic heterocycles. The maximum atomic E-state index is 7.55. The number of nitrogens with zero attached hydrogens (tertiary/aromatic N) is 2. The predicted octanol–water partition coefficient (Wildman–Crippen LogP) is 1.29. The van der Waals surface area contributed by atoms with Crippen LogP contribution < -0.4 is 10.6 Å². The summed E-state index contributed by atoms with van der Waals surface area (Å²) in [5.74, 6) is 0.946. The highest BCUT2D eigenvalue weighted by Gasteiger charge is 2.31. The summed E-state index contributed by atoms with van der Waals surface area (Å²) in [5.41, 5.74) is 7.07. The largest absolute Gasteiger partial charge is 0.384 e. The van der Waals surface area contributed by atoms with Gasteiger partial charge in [-0.15, -0.1) is 0 Å². The van der Waals surface area contributed by atoms with E-state index in [0.29, 0.717) is 13.2 Å². The fraction of sp³-hybridized carbons (Fsp3) is 0.538. The minimum atomic E-state index is -0.0902. The predicted molar refractivity (Wildman–Crippen MR) is 72.2 cm³/mol. The van der Waals surface area contributed by atoms with E-state index in [0.717, 1.165) is 23.6 Å². The molecule has 0 unspecified atom stereocenters. The third-order valence-corrected chi connectivity index (χ3v) is 3.17. The maximum Gasteiger partial charge on any atom is 0.130 e. The van der Waals surface area contributed by atoms with Crippen molar-refractivity contribution in [1.82, 2.24) is 4.98 Å². The lowest BCUT2D eigenvalue weighted by molar-refractivity contribution is 0.0639. The Morgan fingerprint density at radius 2 is 2.22 bits per heavy atom. The van der Waals surface area contributed by atoms with Crippen LogP contribution in [0.2, 0.25) is 0 Å². The first-order valence-electron chi connectivity index (χ1n) is 6.08. The summed E-state index contributed by atoms with van der Waals surface area (Å²) < 4.78 is 5.51. The van der Waals surface area contributed by atoms with Crippen molar-refractivity contribution in [2.75, 3.05) is 24.7 Å². The lowest BCUT2D eigenvalue weighted by Crippen LogP contribution is -2.53. The van der Waals surface area contributed by atoms with Crippen LogP contribution in [0, 0.1) is 12.3 Å². The van der Waals surface area contributed by atoms with E-state index in [1.54, 1.807) is 0 Å². The summed E-state index contributed by atoms with van der Waals surface area (Å²) in [6, 6.07) is 3.71. The molecule has 2 rings (SSSR count). The van der Waals surface area contributed by atoms with Gasteiger partial charge in [-0.3, -0.25) is 5.41 Å². The number of rotatable bonds is 2. The number of morpholine rings is 1. The molecule has 0 radical (unpaired) electrons. The van der Waals surface area contributed by atoms with E-state index in [1.807, 2.05) is 19.1 Å². The quantitative estimate of drug-likeness (QED) is 0.611. The first-order valence-corrected chi connectivity index (χ1v) is 6.08. The number of hydrogen-bond acceptors (Lipinski definition) is 4. The van der Waals surface area contributed by atoms with Crippen LogP contribution in [0.15, 0.2) is 12.1 Å². The van der Waals surface area contributed by atoms with Gasteiger partial charge in [-0.2, -0.15) is 0 Å². The van der Waals surface area contributed by atoms with Gasteiger partial charge in [0.15, 0.2) is 0 Å². The lowest BCUT2D eigenvalue weighted by Gasteiger charge is -2.43. The zero-order chi connectivity index (χ0) is 13.3. The normalized spacial score (nSPS) is 18.7. The molecule has 1 saturated heterocycles.